The standard InChI is InChI=1S/C16H17BrN2O2/c17-11-8-15(18(9-11)12-3-4-12)16(20)19(13-5-6-13)10-14-2-1-7-21-14/h1-2,7-9,12-13H,3-6,10H2. The van der Waals surface area contributed by atoms with E-state index in [0.29, 0.717) is 18.6 Å². The maximum Gasteiger partial charge on any atom is 0.271 e. The third-order valence-corrected chi connectivity index (χ3v) is 4.56. The number of carbonyl (C=O) groups is 1. The van der Waals surface area contributed by atoms with E-state index in [4.69, 9.17) is 4.42 Å². The van der Waals surface area contributed by atoms with Gasteiger partial charge in [0.1, 0.15) is 11.5 Å². The summed E-state index contributed by atoms with van der Waals surface area (Å²) in [4.78, 5) is 14.9. The molecule has 2 aliphatic carbocycles. The van der Waals surface area contributed by atoms with Crippen molar-refractivity contribution in [1.82, 2.24) is 9.47 Å². The molecule has 2 fully saturated rings. The van der Waals surface area contributed by atoms with Gasteiger partial charge in [0, 0.05) is 22.8 Å². The molecular weight excluding hydrogens is 332 g/mol. The van der Waals surface area contributed by atoms with Crippen LogP contribution in [0.25, 0.3) is 0 Å². The highest BCUT2D eigenvalue weighted by Crippen LogP contribution is 2.38. The molecule has 0 N–H and O–H groups in total. The van der Waals surface area contributed by atoms with E-state index in [2.05, 4.69) is 20.5 Å². The van der Waals surface area contributed by atoms with E-state index < -0.39 is 0 Å². The van der Waals surface area contributed by atoms with E-state index >= 15 is 0 Å². The number of amides is 1. The summed E-state index contributed by atoms with van der Waals surface area (Å²) in [5.41, 5.74) is 0.794. The Labute approximate surface area is 131 Å². The molecule has 2 aromatic rings. The van der Waals surface area contributed by atoms with Crippen molar-refractivity contribution in [2.75, 3.05) is 0 Å². The van der Waals surface area contributed by atoms with Crippen LogP contribution in [-0.2, 0) is 6.54 Å². The summed E-state index contributed by atoms with van der Waals surface area (Å²) >= 11 is 3.50. The van der Waals surface area contributed by atoms with E-state index in [1.807, 2.05) is 29.3 Å². The monoisotopic (exact) mass is 348 g/mol. The highest BCUT2D eigenvalue weighted by molar-refractivity contribution is 9.10. The Balaban J connectivity index is 1.61. The molecule has 0 radical (unpaired) electrons. The average molecular weight is 349 g/mol. The van der Waals surface area contributed by atoms with Gasteiger partial charge < -0.3 is 13.9 Å². The molecule has 1 amide bonds. The summed E-state index contributed by atoms with van der Waals surface area (Å²) in [6.45, 7) is 0.559. The number of aromatic nitrogens is 1. The van der Waals surface area contributed by atoms with Crippen LogP contribution in [0.4, 0.5) is 0 Å². The first kappa shape index (κ1) is 13.2. The average Bonchev–Trinajstić information content (AvgIpc) is 3.40. The predicted molar refractivity (Wildman–Crippen MR) is 82.0 cm³/mol. The van der Waals surface area contributed by atoms with Gasteiger partial charge in [-0.05, 0) is 59.8 Å². The normalized spacial score (nSPS) is 18.0. The lowest BCUT2D eigenvalue weighted by molar-refractivity contribution is 0.0706. The van der Waals surface area contributed by atoms with Gasteiger partial charge in [-0.15, -0.1) is 0 Å². The lowest BCUT2D eigenvalue weighted by Gasteiger charge is -2.22. The van der Waals surface area contributed by atoms with Crippen LogP contribution in [-0.4, -0.2) is 21.4 Å². The Hall–Kier alpha value is -1.49. The fourth-order valence-electron chi connectivity index (χ4n) is 2.74. The van der Waals surface area contributed by atoms with Crippen molar-refractivity contribution in [2.24, 2.45) is 0 Å². The molecule has 0 aromatic carbocycles. The van der Waals surface area contributed by atoms with Gasteiger partial charge in [0.15, 0.2) is 0 Å². The van der Waals surface area contributed by atoms with Crippen molar-refractivity contribution < 1.29 is 9.21 Å². The molecular formula is C16H17BrN2O2. The zero-order valence-corrected chi connectivity index (χ0v) is 13.3. The van der Waals surface area contributed by atoms with Crippen molar-refractivity contribution in [3.63, 3.8) is 0 Å². The molecule has 5 heteroatoms. The number of halogens is 1. The zero-order chi connectivity index (χ0) is 14.4. The summed E-state index contributed by atoms with van der Waals surface area (Å²) in [6.07, 6.45) is 8.22. The number of nitrogens with zero attached hydrogens (tertiary/aromatic N) is 2. The van der Waals surface area contributed by atoms with Gasteiger partial charge in [-0.1, -0.05) is 0 Å². The Morgan fingerprint density at radius 1 is 1.38 bits per heavy atom. The van der Waals surface area contributed by atoms with E-state index in [0.717, 1.165) is 28.8 Å². The molecule has 0 aliphatic heterocycles. The lowest BCUT2D eigenvalue weighted by Crippen LogP contribution is -2.33. The summed E-state index contributed by atoms with van der Waals surface area (Å²) in [5, 5.41) is 0. The lowest BCUT2D eigenvalue weighted by atomic mass is 10.3. The molecule has 4 nitrogen and oxygen atoms in total. The number of hydrogen-bond donors (Lipinski definition) is 0. The molecule has 21 heavy (non-hydrogen) atoms. The molecule has 2 aliphatic rings. The van der Waals surface area contributed by atoms with Crippen molar-refractivity contribution in [3.05, 3.63) is 46.6 Å². The zero-order valence-electron chi connectivity index (χ0n) is 11.7. The maximum atomic E-state index is 13.0. The first-order valence-electron chi connectivity index (χ1n) is 7.43. The van der Waals surface area contributed by atoms with E-state index in [9.17, 15) is 4.79 Å². The number of furan rings is 1. The first-order valence-corrected chi connectivity index (χ1v) is 8.22. The molecule has 0 atom stereocenters. The fraction of sp³-hybridized carbons (Fsp3) is 0.438. The highest BCUT2D eigenvalue weighted by atomic mass is 79.9. The number of rotatable bonds is 5. The minimum absolute atomic E-state index is 0.117. The third-order valence-electron chi connectivity index (χ3n) is 4.13. The Bertz CT molecular complexity index is 654. The van der Waals surface area contributed by atoms with Gasteiger partial charge in [0.05, 0.1) is 12.8 Å². The van der Waals surface area contributed by atoms with Crippen LogP contribution in [0.3, 0.4) is 0 Å². The Morgan fingerprint density at radius 3 is 2.81 bits per heavy atom. The number of hydrogen-bond acceptors (Lipinski definition) is 2. The smallest absolute Gasteiger partial charge is 0.271 e. The molecule has 0 unspecified atom stereocenters. The molecule has 110 valence electrons. The summed E-state index contributed by atoms with van der Waals surface area (Å²) in [5.74, 6) is 0.963. The van der Waals surface area contributed by atoms with Crippen LogP contribution >= 0.6 is 15.9 Å². The van der Waals surface area contributed by atoms with E-state index in [1.165, 1.54) is 12.8 Å². The Morgan fingerprint density at radius 2 is 2.19 bits per heavy atom. The third kappa shape index (κ3) is 2.67. The van der Waals surface area contributed by atoms with Gasteiger partial charge in [0.25, 0.3) is 5.91 Å². The van der Waals surface area contributed by atoms with Crippen LogP contribution in [0.5, 0.6) is 0 Å². The van der Waals surface area contributed by atoms with Gasteiger partial charge in [-0.25, -0.2) is 0 Å². The van der Waals surface area contributed by atoms with Crippen molar-refractivity contribution in [3.8, 4) is 0 Å². The fourth-order valence-corrected chi connectivity index (χ4v) is 3.18. The molecule has 2 aromatic heterocycles. The second-order valence-corrected chi connectivity index (χ2v) is 6.84. The topological polar surface area (TPSA) is 38.4 Å². The van der Waals surface area contributed by atoms with Crippen molar-refractivity contribution in [2.45, 2.75) is 44.3 Å². The van der Waals surface area contributed by atoms with Crippen LogP contribution in [0.1, 0.15) is 48.0 Å². The quantitative estimate of drug-likeness (QED) is 0.819. The van der Waals surface area contributed by atoms with Gasteiger partial charge >= 0.3 is 0 Å². The maximum absolute atomic E-state index is 13.0. The molecule has 4 rings (SSSR count). The first-order chi connectivity index (χ1) is 10.2. The van der Waals surface area contributed by atoms with Crippen LogP contribution in [0.2, 0.25) is 0 Å². The van der Waals surface area contributed by atoms with E-state index in [1.54, 1.807) is 6.26 Å². The minimum Gasteiger partial charge on any atom is -0.467 e. The van der Waals surface area contributed by atoms with Crippen molar-refractivity contribution >= 4 is 21.8 Å². The summed E-state index contributed by atoms with van der Waals surface area (Å²) in [6, 6.07) is 6.61. The predicted octanol–water partition coefficient (Wildman–Crippen LogP) is 3.98. The molecule has 0 spiro atoms. The van der Waals surface area contributed by atoms with Gasteiger partial charge in [0.2, 0.25) is 0 Å². The highest BCUT2D eigenvalue weighted by Gasteiger charge is 2.36. The minimum atomic E-state index is 0.117. The molecule has 0 bridgehead atoms. The van der Waals surface area contributed by atoms with Crippen molar-refractivity contribution in [1.29, 1.82) is 0 Å². The van der Waals surface area contributed by atoms with Gasteiger partial charge in [-0.3, -0.25) is 4.79 Å². The summed E-state index contributed by atoms with van der Waals surface area (Å²) < 4.78 is 8.52. The molecule has 2 saturated carbocycles. The van der Waals surface area contributed by atoms with Gasteiger partial charge in [-0.2, -0.15) is 0 Å². The summed E-state index contributed by atoms with van der Waals surface area (Å²) in [7, 11) is 0. The SMILES string of the molecule is O=C(c1cc(Br)cn1C1CC1)N(Cc1ccco1)C1CC1. The number of carbonyl (C=O) groups excluding carboxylic acids is 1. The molecule has 2 heterocycles. The second-order valence-electron chi connectivity index (χ2n) is 5.93. The van der Waals surface area contributed by atoms with Crippen LogP contribution in [0, 0.1) is 0 Å². The van der Waals surface area contributed by atoms with E-state index in [-0.39, 0.29) is 5.91 Å². The molecule has 0 saturated heterocycles. The largest absolute Gasteiger partial charge is 0.467 e. The Kier molecular flexibility index (Phi) is 3.17. The van der Waals surface area contributed by atoms with Crippen LogP contribution < -0.4 is 0 Å². The van der Waals surface area contributed by atoms with Crippen LogP contribution in [0.15, 0.2) is 39.5 Å². The second kappa shape index (κ2) is 5.05.